The molecule has 53 heavy (non-hydrogen) atoms. The van der Waals surface area contributed by atoms with Crippen molar-refractivity contribution in [2.75, 3.05) is 32.8 Å². The SMILES string of the molecule is Cc1ccc(OCCCc2ccc(CN3CCN(C(=O)C=Cc4cc(C)c(Oc5ccc(OCc6ccc(C#N)cc6)cn5)c(Cl)c4)CC3)cc2)cn1. The summed E-state index contributed by atoms with van der Waals surface area (Å²) in [6, 6.07) is 29.3. The molecule has 6 rings (SSSR count). The topological polar surface area (TPSA) is 101 Å². The molecule has 0 bridgehead atoms. The summed E-state index contributed by atoms with van der Waals surface area (Å²) in [5.74, 6) is 2.26. The smallest absolute Gasteiger partial charge is 0.246 e. The number of aryl methyl sites for hydroxylation is 3. The maximum Gasteiger partial charge on any atom is 0.246 e. The van der Waals surface area contributed by atoms with Crippen LogP contribution in [0.1, 0.15) is 45.5 Å². The van der Waals surface area contributed by atoms with Crippen LogP contribution in [0.2, 0.25) is 5.02 Å². The number of aromatic nitrogens is 2. The van der Waals surface area contributed by atoms with Gasteiger partial charge in [0.2, 0.25) is 11.8 Å². The summed E-state index contributed by atoms with van der Waals surface area (Å²) < 4.78 is 17.6. The lowest BCUT2D eigenvalue weighted by Gasteiger charge is -2.34. The van der Waals surface area contributed by atoms with E-state index in [1.165, 1.54) is 11.1 Å². The molecule has 0 atom stereocenters. The Balaban J connectivity index is 0.917. The van der Waals surface area contributed by atoms with Crippen LogP contribution in [-0.2, 0) is 24.4 Å². The second-order valence-corrected chi connectivity index (χ2v) is 13.4. The molecule has 9 nitrogen and oxygen atoms in total. The summed E-state index contributed by atoms with van der Waals surface area (Å²) in [4.78, 5) is 26.0. The van der Waals surface area contributed by atoms with Gasteiger partial charge in [-0.3, -0.25) is 14.7 Å². The number of rotatable bonds is 14. The fourth-order valence-electron chi connectivity index (χ4n) is 5.92. The summed E-state index contributed by atoms with van der Waals surface area (Å²) in [5, 5.41) is 9.38. The molecule has 5 aromatic rings. The van der Waals surface area contributed by atoms with Gasteiger partial charge in [-0.05, 0) is 103 Å². The highest BCUT2D eigenvalue weighted by molar-refractivity contribution is 6.32. The van der Waals surface area contributed by atoms with Crippen molar-refractivity contribution in [3.63, 3.8) is 0 Å². The summed E-state index contributed by atoms with van der Waals surface area (Å²) in [6.07, 6.45) is 8.67. The summed E-state index contributed by atoms with van der Waals surface area (Å²) in [6.45, 7) is 8.75. The lowest BCUT2D eigenvalue weighted by molar-refractivity contribution is -0.127. The van der Waals surface area contributed by atoms with E-state index in [4.69, 9.17) is 31.1 Å². The Bertz CT molecular complexity index is 2010. The molecule has 1 amide bonds. The molecule has 1 saturated heterocycles. The third-order valence-corrected chi connectivity index (χ3v) is 9.23. The molecular formula is C43H42ClN5O4. The van der Waals surface area contributed by atoms with Crippen molar-refractivity contribution in [3.05, 3.63) is 147 Å². The van der Waals surface area contributed by atoms with Gasteiger partial charge >= 0.3 is 0 Å². The van der Waals surface area contributed by atoms with Gasteiger partial charge in [0.05, 0.1) is 35.7 Å². The average molecular weight is 728 g/mol. The molecule has 0 unspecified atom stereocenters. The van der Waals surface area contributed by atoms with Gasteiger partial charge in [0.15, 0.2) is 5.75 Å². The van der Waals surface area contributed by atoms with Crippen molar-refractivity contribution >= 4 is 23.6 Å². The zero-order valence-electron chi connectivity index (χ0n) is 30.0. The Morgan fingerprint density at radius 3 is 2.23 bits per heavy atom. The molecule has 0 radical (unpaired) electrons. The summed E-state index contributed by atoms with van der Waals surface area (Å²) in [5.41, 5.74) is 6.74. The first-order chi connectivity index (χ1) is 25.8. The number of piperazine rings is 1. The molecule has 1 aliphatic heterocycles. The van der Waals surface area contributed by atoms with Crippen molar-refractivity contribution in [1.29, 1.82) is 5.26 Å². The minimum absolute atomic E-state index is 0.0172. The van der Waals surface area contributed by atoms with Crippen molar-refractivity contribution in [2.45, 2.75) is 39.8 Å². The minimum atomic E-state index is -0.0172. The van der Waals surface area contributed by atoms with E-state index in [1.807, 2.05) is 49.1 Å². The van der Waals surface area contributed by atoms with Crippen molar-refractivity contribution in [2.24, 2.45) is 0 Å². The Hall–Kier alpha value is -5.69. The predicted molar refractivity (Wildman–Crippen MR) is 206 cm³/mol. The molecule has 1 aliphatic rings. The van der Waals surface area contributed by atoms with Gasteiger partial charge in [-0.1, -0.05) is 48.0 Å². The number of nitriles is 1. The molecule has 3 aromatic carbocycles. The second-order valence-electron chi connectivity index (χ2n) is 13.0. The zero-order chi connectivity index (χ0) is 37.0. The van der Waals surface area contributed by atoms with Crippen LogP contribution in [-0.4, -0.2) is 58.5 Å². The third kappa shape index (κ3) is 10.9. The number of hydrogen-bond acceptors (Lipinski definition) is 8. The summed E-state index contributed by atoms with van der Waals surface area (Å²) in [7, 11) is 0. The van der Waals surface area contributed by atoms with E-state index >= 15 is 0 Å². The molecule has 1 fully saturated rings. The first-order valence-corrected chi connectivity index (χ1v) is 18.1. The van der Waals surface area contributed by atoms with E-state index < -0.39 is 0 Å². The van der Waals surface area contributed by atoms with E-state index in [-0.39, 0.29) is 5.91 Å². The maximum atomic E-state index is 13.1. The Morgan fingerprint density at radius 1 is 0.849 bits per heavy atom. The predicted octanol–water partition coefficient (Wildman–Crippen LogP) is 8.36. The van der Waals surface area contributed by atoms with Crippen molar-refractivity contribution in [3.8, 4) is 29.2 Å². The molecule has 0 aliphatic carbocycles. The van der Waals surface area contributed by atoms with Crippen LogP contribution in [0.5, 0.6) is 23.1 Å². The zero-order valence-corrected chi connectivity index (χ0v) is 30.8. The number of nitrogens with zero attached hydrogens (tertiary/aromatic N) is 5. The fourth-order valence-corrected chi connectivity index (χ4v) is 6.23. The van der Waals surface area contributed by atoms with Crippen LogP contribution in [0.25, 0.3) is 6.08 Å². The maximum absolute atomic E-state index is 13.1. The number of ether oxygens (including phenoxy) is 3. The normalized spacial score (nSPS) is 13.1. The Morgan fingerprint density at radius 2 is 1.55 bits per heavy atom. The van der Waals surface area contributed by atoms with Gasteiger partial charge in [0.25, 0.3) is 0 Å². The fraction of sp³-hybridized carbons (Fsp3) is 0.256. The number of pyridine rings is 2. The quantitative estimate of drug-likeness (QED) is 0.0831. The van der Waals surface area contributed by atoms with Crippen LogP contribution in [0.15, 0.2) is 103 Å². The molecule has 0 saturated carbocycles. The molecule has 270 valence electrons. The highest BCUT2D eigenvalue weighted by Gasteiger charge is 2.20. The number of carbonyl (C=O) groups is 1. The number of halogens is 1. The van der Waals surface area contributed by atoms with Gasteiger partial charge in [-0.15, -0.1) is 0 Å². The average Bonchev–Trinajstić information content (AvgIpc) is 3.18. The lowest BCUT2D eigenvalue weighted by Crippen LogP contribution is -2.47. The number of hydrogen-bond donors (Lipinski definition) is 0. The van der Waals surface area contributed by atoms with Crippen LogP contribution in [0, 0.1) is 25.2 Å². The number of carbonyl (C=O) groups excluding carboxylic acids is 1. The lowest BCUT2D eigenvalue weighted by atomic mass is 10.1. The van der Waals surface area contributed by atoms with Crippen molar-refractivity contribution < 1.29 is 19.0 Å². The minimum Gasteiger partial charge on any atom is -0.492 e. The highest BCUT2D eigenvalue weighted by atomic mass is 35.5. The van der Waals surface area contributed by atoms with E-state index in [1.54, 1.807) is 54.9 Å². The molecule has 0 spiro atoms. The van der Waals surface area contributed by atoms with E-state index in [0.29, 0.717) is 54.3 Å². The molecule has 10 heteroatoms. The van der Waals surface area contributed by atoms with Gasteiger partial charge in [0, 0.05) is 50.6 Å². The third-order valence-electron chi connectivity index (χ3n) is 8.95. The first kappa shape index (κ1) is 37.1. The van der Waals surface area contributed by atoms with E-state index in [2.05, 4.69) is 45.2 Å². The number of benzene rings is 3. The number of amides is 1. The van der Waals surface area contributed by atoms with Gasteiger partial charge in [0.1, 0.15) is 18.1 Å². The monoisotopic (exact) mass is 727 g/mol. The van der Waals surface area contributed by atoms with Gasteiger partial charge in [-0.25, -0.2) is 4.98 Å². The first-order valence-electron chi connectivity index (χ1n) is 17.7. The van der Waals surface area contributed by atoms with Crippen LogP contribution < -0.4 is 14.2 Å². The van der Waals surface area contributed by atoms with Gasteiger partial charge in [-0.2, -0.15) is 5.26 Å². The largest absolute Gasteiger partial charge is 0.492 e. The van der Waals surface area contributed by atoms with Gasteiger partial charge < -0.3 is 19.1 Å². The molecule has 3 heterocycles. The summed E-state index contributed by atoms with van der Waals surface area (Å²) >= 11 is 6.62. The van der Waals surface area contributed by atoms with Crippen LogP contribution in [0.4, 0.5) is 0 Å². The molecule has 2 aromatic heterocycles. The van der Waals surface area contributed by atoms with E-state index in [9.17, 15) is 4.79 Å². The standard InChI is InChI=1S/C43H42ClN5O4/c1-31-24-37(25-40(44)43(31)53-41-17-16-39(28-47-41)52-30-36-12-8-34(26-45)9-13-36)14-18-42(50)49-21-19-48(20-22-49)29-35-10-6-33(7-11-35)4-3-23-51-38-15-5-32(2)46-27-38/h5-18,24-25,27-28H,3-4,19-23,29-30H2,1-2H3. The Kier molecular flexibility index (Phi) is 12.7. The van der Waals surface area contributed by atoms with Crippen LogP contribution in [0.3, 0.4) is 0 Å². The van der Waals surface area contributed by atoms with E-state index in [0.717, 1.165) is 60.6 Å². The highest BCUT2D eigenvalue weighted by Crippen LogP contribution is 2.34. The second kappa shape index (κ2) is 18.2. The Labute approximate surface area is 316 Å². The molecule has 0 N–H and O–H groups in total. The van der Waals surface area contributed by atoms with Crippen LogP contribution >= 0.6 is 11.6 Å². The van der Waals surface area contributed by atoms with Crippen molar-refractivity contribution in [1.82, 2.24) is 19.8 Å². The molecular weight excluding hydrogens is 686 g/mol.